The minimum absolute atomic E-state index is 0.0618. The number of aromatic nitrogens is 2. The Morgan fingerprint density at radius 2 is 2.10 bits per heavy atom. The summed E-state index contributed by atoms with van der Waals surface area (Å²) in [5.41, 5.74) is 1.54. The van der Waals surface area contributed by atoms with Crippen molar-refractivity contribution >= 4 is 29.1 Å². The number of hydrogen-bond acceptors (Lipinski definition) is 2. The van der Waals surface area contributed by atoms with Crippen LogP contribution < -0.4 is 0 Å². The number of rotatable bonds is 2. The van der Waals surface area contributed by atoms with Gasteiger partial charge in [-0.3, -0.25) is 4.79 Å². The van der Waals surface area contributed by atoms with E-state index in [0.717, 1.165) is 25.1 Å². The van der Waals surface area contributed by atoms with E-state index in [9.17, 15) is 4.79 Å². The molecule has 4 nitrogen and oxygen atoms in total. The van der Waals surface area contributed by atoms with Gasteiger partial charge in [0.2, 0.25) is 0 Å². The molecule has 6 heteroatoms. The van der Waals surface area contributed by atoms with E-state index < -0.39 is 0 Å². The molecule has 0 saturated carbocycles. The molecule has 1 atom stereocenters. The maximum Gasteiger partial charge on any atom is 0.254 e. The van der Waals surface area contributed by atoms with E-state index in [1.165, 1.54) is 0 Å². The SMILES string of the molecule is O=C(c1cc(Cl)nc(Cl)c1)N1CCCC1c1ccc[nH]1. The molecule has 1 aliphatic heterocycles. The van der Waals surface area contributed by atoms with Crippen molar-refractivity contribution in [1.29, 1.82) is 0 Å². The fraction of sp³-hybridized carbons (Fsp3) is 0.286. The van der Waals surface area contributed by atoms with Crippen LogP contribution in [-0.4, -0.2) is 27.3 Å². The number of amides is 1. The van der Waals surface area contributed by atoms with E-state index in [-0.39, 0.29) is 22.3 Å². The fourth-order valence-electron chi connectivity index (χ4n) is 2.64. The van der Waals surface area contributed by atoms with Crippen LogP contribution in [0.4, 0.5) is 0 Å². The van der Waals surface area contributed by atoms with E-state index in [1.807, 2.05) is 23.2 Å². The van der Waals surface area contributed by atoms with Gasteiger partial charge in [0.15, 0.2) is 0 Å². The van der Waals surface area contributed by atoms with Gasteiger partial charge in [0.25, 0.3) is 5.91 Å². The van der Waals surface area contributed by atoms with Crippen molar-refractivity contribution in [2.24, 2.45) is 0 Å². The maximum atomic E-state index is 12.6. The van der Waals surface area contributed by atoms with Gasteiger partial charge in [-0.2, -0.15) is 0 Å². The summed E-state index contributed by atoms with van der Waals surface area (Å²) in [5, 5.41) is 0.466. The quantitative estimate of drug-likeness (QED) is 0.860. The molecular weight excluding hydrogens is 297 g/mol. The summed E-state index contributed by atoms with van der Waals surface area (Å²) in [4.78, 5) is 21.5. The van der Waals surface area contributed by atoms with Crippen LogP contribution in [0.1, 0.15) is 34.9 Å². The van der Waals surface area contributed by atoms with E-state index in [1.54, 1.807) is 12.1 Å². The topological polar surface area (TPSA) is 49.0 Å². The summed E-state index contributed by atoms with van der Waals surface area (Å²) >= 11 is 11.7. The minimum Gasteiger partial charge on any atom is -0.363 e. The molecule has 0 spiro atoms. The van der Waals surface area contributed by atoms with Crippen LogP contribution >= 0.6 is 23.2 Å². The van der Waals surface area contributed by atoms with Gasteiger partial charge in [-0.25, -0.2) is 4.98 Å². The van der Waals surface area contributed by atoms with Crippen LogP contribution in [0.2, 0.25) is 10.3 Å². The van der Waals surface area contributed by atoms with Gasteiger partial charge in [0.05, 0.1) is 6.04 Å². The molecular formula is C14H13Cl2N3O. The molecule has 1 unspecified atom stereocenters. The minimum atomic E-state index is -0.0618. The Labute approximate surface area is 126 Å². The van der Waals surface area contributed by atoms with Gasteiger partial charge in [-0.1, -0.05) is 23.2 Å². The lowest BCUT2D eigenvalue weighted by Gasteiger charge is -2.24. The number of carbonyl (C=O) groups is 1. The van der Waals surface area contributed by atoms with Crippen molar-refractivity contribution in [3.05, 3.63) is 52.0 Å². The summed E-state index contributed by atoms with van der Waals surface area (Å²) in [6.07, 6.45) is 3.82. The van der Waals surface area contributed by atoms with Crippen molar-refractivity contribution in [2.75, 3.05) is 6.54 Å². The second kappa shape index (κ2) is 5.46. The molecule has 3 rings (SSSR count). The Bertz CT molecular complexity index is 607. The third-order valence-corrected chi connectivity index (χ3v) is 3.89. The Hall–Kier alpha value is -1.52. The first-order valence-electron chi connectivity index (χ1n) is 6.42. The largest absolute Gasteiger partial charge is 0.363 e. The number of nitrogens with zero attached hydrogens (tertiary/aromatic N) is 2. The molecule has 104 valence electrons. The lowest BCUT2D eigenvalue weighted by molar-refractivity contribution is 0.0733. The highest BCUT2D eigenvalue weighted by atomic mass is 35.5. The number of aromatic amines is 1. The number of hydrogen-bond donors (Lipinski definition) is 1. The first-order valence-corrected chi connectivity index (χ1v) is 7.18. The van der Waals surface area contributed by atoms with Crippen LogP contribution in [0, 0.1) is 0 Å². The molecule has 20 heavy (non-hydrogen) atoms. The highest BCUT2D eigenvalue weighted by molar-refractivity contribution is 6.33. The smallest absolute Gasteiger partial charge is 0.254 e. The average molecular weight is 310 g/mol. The predicted molar refractivity (Wildman–Crippen MR) is 78.1 cm³/mol. The molecule has 1 amide bonds. The van der Waals surface area contributed by atoms with Gasteiger partial charge in [0.1, 0.15) is 10.3 Å². The standard InChI is InChI=1S/C14H13Cl2N3O/c15-12-7-9(8-13(16)18-12)14(20)19-6-2-4-11(19)10-3-1-5-17-10/h1,3,5,7-8,11,17H,2,4,6H2. The number of likely N-dealkylation sites (tertiary alicyclic amines) is 1. The van der Waals surface area contributed by atoms with Gasteiger partial charge < -0.3 is 9.88 Å². The third-order valence-electron chi connectivity index (χ3n) is 3.50. The highest BCUT2D eigenvalue weighted by Gasteiger charge is 2.31. The number of nitrogens with one attached hydrogen (secondary N) is 1. The molecule has 2 aromatic heterocycles. The fourth-order valence-corrected chi connectivity index (χ4v) is 3.10. The van der Waals surface area contributed by atoms with Crippen molar-refractivity contribution in [1.82, 2.24) is 14.9 Å². The van der Waals surface area contributed by atoms with Crippen molar-refractivity contribution < 1.29 is 4.79 Å². The van der Waals surface area contributed by atoms with Crippen molar-refractivity contribution in [3.8, 4) is 0 Å². The summed E-state index contributed by atoms with van der Waals surface area (Å²) in [6, 6.07) is 7.14. The zero-order valence-electron chi connectivity index (χ0n) is 10.6. The first kappa shape index (κ1) is 13.5. The summed E-state index contributed by atoms with van der Waals surface area (Å²) < 4.78 is 0. The van der Waals surface area contributed by atoms with E-state index in [2.05, 4.69) is 9.97 Å². The Morgan fingerprint density at radius 1 is 1.35 bits per heavy atom. The van der Waals surface area contributed by atoms with Gasteiger partial charge in [-0.15, -0.1) is 0 Å². The number of carbonyl (C=O) groups excluding carboxylic acids is 1. The maximum absolute atomic E-state index is 12.6. The summed E-state index contributed by atoms with van der Waals surface area (Å²) in [6.45, 7) is 0.736. The normalized spacial score (nSPS) is 18.5. The molecule has 1 aliphatic rings. The zero-order valence-corrected chi connectivity index (χ0v) is 12.2. The third kappa shape index (κ3) is 2.53. The highest BCUT2D eigenvalue weighted by Crippen LogP contribution is 2.32. The van der Waals surface area contributed by atoms with E-state index >= 15 is 0 Å². The van der Waals surface area contributed by atoms with Gasteiger partial charge in [0, 0.05) is 24.0 Å². The molecule has 1 saturated heterocycles. The molecule has 0 aromatic carbocycles. The summed E-state index contributed by atoms with van der Waals surface area (Å²) in [5.74, 6) is -0.0618. The zero-order chi connectivity index (χ0) is 14.1. The van der Waals surface area contributed by atoms with Crippen LogP contribution in [0.15, 0.2) is 30.5 Å². The molecule has 1 fully saturated rings. The molecule has 3 heterocycles. The van der Waals surface area contributed by atoms with Crippen molar-refractivity contribution in [3.63, 3.8) is 0 Å². The monoisotopic (exact) mass is 309 g/mol. The van der Waals surface area contributed by atoms with Crippen LogP contribution in [0.5, 0.6) is 0 Å². The Balaban J connectivity index is 1.89. The number of halogens is 2. The molecule has 0 radical (unpaired) electrons. The average Bonchev–Trinajstić information content (AvgIpc) is 3.07. The van der Waals surface area contributed by atoms with Crippen molar-refractivity contribution in [2.45, 2.75) is 18.9 Å². The molecule has 0 bridgehead atoms. The second-order valence-corrected chi connectivity index (χ2v) is 5.56. The molecule has 2 aromatic rings. The van der Waals surface area contributed by atoms with Crippen LogP contribution in [0.25, 0.3) is 0 Å². The first-order chi connectivity index (χ1) is 9.65. The predicted octanol–water partition coefficient (Wildman–Crippen LogP) is 3.69. The lowest BCUT2D eigenvalue weighted by atomic mass is 10.1. The number of pyridine rings is 1. The Kier molecular flexibility index (Phi) is 3.68. The summed E-state index contributed by atoms with van der Waals surface area (Å²) in [7, 11) is 0. The van der Waals surface area contributed by atoms with E-state index in [4.69, 9.17) is 23.2 Å². The lowest BCUT2D eigenvalue weighted by Crippen LogP contribution is -2.30. The van der Waals surface area contributed by atoms with Gasteiger partial charge >= 0.3 is 0 Å². The molecule has 1 N–H and O–H groups in total. The molecule has 0 aliphatic carbocycles. The van der Waals surface area contributed by atoms with Crippen LogP contribution in [0.3, 0.4) is 0 Å². The van der Waals surface area contributed by atoms with E-state index in [0.29, 0.717) is 5.56 Å². The number of H-pyrrole nitrogens is 1. The van der Waals surface area contributed by atoms with Crippen LogP contribution in [-0.2, 0) is 0 Å². The Morgan fingerprint density at radius 3 is 2.75 bits per heavy atom. The van der Waals surface area contributed by atoms with Gasteiger partial charge in [-0.05, 0) is 37.1 Å². The second-order valence-electron chi connectivity index (χ2n) is 4.78.